The monoisotopic (exact) mass is 404 g/mol. The number of rotatable bonds is 5. The Balaban J connectivity index is 0.000000314. The van der Waals surface area contributed by atoms with Gasteiger partial charge in [-0.15, -0.1) is 0 Å². The van der Waals surface area contributed by atoms with Gasteiger partial charge in [-0.2, -0.15) is 0 Å². The molecule has 1 atom stereocenters. The molecular formula is C18H26Cl2N2O4. The lowest BCUT2D eigenvalue weighted by Gasteiger charge is -2.22. The van der Waals surface area contributed by atoms with Crippen molar-refractivity contribution >= 4 is 35.0 Å². The molecule has 1 aliphatic rings. The quantitative estimate of drug-likeness (QED) is 0.790. The zero-order chi connectivity index (χ0) is 19.7. The van der Waals surface area contributed by atoms with Crippen molar-refractivity contribution in [3.8, 4) is 5.75 Å². The first-order valence-electron chi connectivity index (χ1n) is 8.58. The highest BCUT2D eigenvalue weighted by atomic mass is 35.5. The Kier molecular flexibility index (Phi) is 9.76. The molecule has 26 heavy (non-hydrogen) atoms. The van der Waals surface area contributed by atoms with E-state index in [2.05, 4.69) is 0 Å². The Hall–Kier alpha value is -1.50. The fourth-order valence-electron chi connectivity index (χ4n) is 2.34. The van der Waals surface area contributed by atoms with Crippen LogP contribution in [0.15, 0.2) is 18.2 Å². The number of nitrogens with zero attached hydrogens (tertiary/aromatic N) is 2. The predicted octanol–water partition coefficient (Wildman–Crippen LogP) is 2.93. The van der Waals surface area contributed by atoms with Gasteiger partial charge in [-0.1, -0.05) is 30.1 Å². The van der Waals surface area contributed by atoms with Crippen LogP contribution in [0.25, 0.3) is 0 Å². The molecule has 8 heteroatoms. The molecule has 0 bridgehead atoms. The SMILES string of the molecule is CCC(O)CC(=O)N(C)CC(=O)N1CCCC1.Oc1ccc(Cl)c(Cl)c1. The van der Waals surface area contributed by atoms with Crippen molar-refractivity contribution in [1.82, 2.24) is 9.80 Å². The second-order valence-corrected chi connectivity index (χ2v) is 7.02. The minimum atomic E-state index is -0.605. The largest absolute Gasteiger partial charge is 0.508 e. The minimum absolute atomic E-state index is 0.00402. The molecule has 1 saturated heterocycles. The van der Waals surface area contributed by atoms with Gasteiger partial charge < -0.3 is 20.0 Å². The number of amides is 2. The minimum Gasteiger partial charge on any atom is -0.508 e. The van der Waals surface area contributed by atoms with Crippen LogP contribution < -0.4 is 0 Å². The Morgan fingerprint density at radius 3 is 2.35 bits per heavy atom. The maximum absolute atomic E-state index is 11.8. The summed E-state index contributed by atoms with van der Waals surface area (Å²) < 4.78 is 0. The second-order valence-electron chi connectivity index (χ2n) is 6.20. The molecule has 1 aromatic carbocycles. The summed E-state index contributed by atoms with van der Waals surface area (Å²) in [6.45, 7) is 3.56. The number of hydrogen-bond donors (Lipinski definition) is 2. The zero-order valence-electron chi connectivity index (χ0n) is 15.1. The molecule has 1 unspecified atom stereocenters. The van der Waals surface area contributed by atoms with Gasteiger partial charge in [0, 0.05) is 20.1 Å². The number of hydrogen-bond acceptors (Lipinski definition) is 4. The number of carbonyl (C=O) groups excluding carboxylic acids is 2. The van der Waals surface area contributed by atoms with Crippen molar-refractivity contribution < 1.29 is 19.8 Å². The van der Waals surface area contributed by atoms with Crippen LogP contribution in [-0.2, 0) is 9.59 Å². The molecule has 146 valence electrons. The van der Waals surface area contributed by atoms with Crippen molar-refractivity contribution in [3.63, 3.8) is 0 Å². The average molecular weight is 405 g/mol. The first-order chi connectivity index (χ1) is 12.2. The summed E-state index contributed by atoms with van der Waals surface area (Å²) in [5, 5.41) is 19.0. The third-order valence-electron chi connectivity index (χ3n) is 4.04. The van der Waals surface area contributed by atoms with Crippen molar-refractivity contribution in [2.75, 3.05) is 26.7 Å². The van der Waals surface area contributed by atoms with Crippen molar-refractivity contribution in [2.24, 2.45) is 0 Å². The number of phenolic OH excluding ortho intramolecular Hbond substituents is 1. The lowest BCUT2D eigenvalue weighted by molar-refractivity contribution is -0.139. The third kappa shape index (κ3) is 7.81. The maximum atomic E-state index is 11.8. The Bertz CT molecular complexity index is 607. The predicted molar refractivity (Wildman–Crippen MR) is 102 cm³/mol. The molecular weight excluding hydrogens is 379 g/mol. The standard InChI is InChI=1S/C12H22N2O3.C6H4Cl2O/c1-3-10(15)8-11(16)13(2)9-12(17)14-6-4-5-7-14;7-5-2-1-4(9)3-6(5)8/h10,15H,3-9H2,1-2H3;1-3,9H. The van der Waals surface area contributed by atoms with Gasteiger partial charge in [-0.3, -0.25) is 9.59 Å². The smallest absolute Gasteiger partial charge is 0.242 e. The average Bonchev–Trinajstić information content (AvgIpc) is 3.13. The van der Waals surface area contributed by atoms with Crippen LogP contribution in [0, 0.1) is 0 Å². The zero-order valence-corrected chi connectivity index (χ0v) is 16.6. The van der Waals surface area contributed by atoms with Crippen molar-refractivity contribution in [2.45, 2.75) is 38.7 Å². The fourth-order valence-corrected chi connectivity index (χ4v) is 2.64. The Morgan fingerprint density at radius 1 is 1.23 bits per heavy atom. The number of aliphatic hydroxyl groups excluding tert-OH is 1. The van der Waals surface area contributed by atoms with Crippen molar-refractivity contribution in [3.05, 3.63) is 28.2 Å². The van der Waals surface area contributed by atoms with Gasteiger partial charge in [-0.25, -0.2) is 0 Å². The normalized spacial score (nSPS) is 14.4. The van der Waals surface area contributed by atoms with Gasteiger partial charge >= 0.3 is 0 Å². The summed E-state index contributed by atoms with van der Waals surface area (Å²) >= 11 is 11.1. The van der Waals surface area contributed by atoms with Gasteiger partial charge in [0.05, 0.1) is 29.1 Å². The van der Waals surface area contributed by atoms with Crippen LogP contribution in [0.4, 0.5) is 0 Å². The van der Waals surface area contributed by atoms with Crippen LogP contribution in [0.5, 0.6) is 5.75 Å². The number of likely N-dealkylation sites (tertiary alicyclic amines) is 1. The van der Waals surface area contributed by atoms with E-state index in [1.54, 1.807) is 18.0 Å². The van der Waals surface area contributed by atoms with E-state index >= 15 is 0 Å². The number of benzene rings is 1. The van der Waals surface area contributed by atoms with Crippen molar-refractivity contribution in [1.29, 1.82) is 0 Å². The lowest BCUT2D eigenvalue weighted by atomic mass is 10.2. The van der Waals surface area contributed by atoms with Crippen LogP contribution in [0.3, 0.4) is 0 Å². The molecule has 2 rings (SSSR count). The van der Waals surface area contributed by atoms with Crippen LogP contribution in [0.1, 0.15) is 32.6 Å². The Morgan fingerprint density at radius 2 is 1.85 bits per heavy atom. The van der Waals surface area contributed by atoms with Gasteiger partial charge in [0.25, 0.3) is 0 Å². The van der Waals surface area contributed by atoms with E-state index < -0.39 is 6.10 Å². The molecule has 0 spiro atoms. The first-order valence-corrected chi connectivity index (χ1v) is 9.34. The summed E-state index contributed by atoms with van der Waals surface area (Å²) in [6, 6.07) is 4.41. The van der Waals surface area contributed by atoms with E-state index in [1.807, 2.05) is 6.92 Å². The number of likely N-dealkylation sites (N-methyl/N-ethyl adjacent to an activating group) is 1. The molecule has 1 aliphatic heterocycles. The van der Waals surface area contributed by atoms with Gasteiger partial charge in [0.2, 0.25) is 11.8 Å². The summed E-state index contributed by atoms with van der Waals surface area (Å²) in [5.74, 6) is -0.0411. The topological polar surface area (TPSA) is 81.1 Å². The molecule has 0 radical (unpaired) electrons. The molecule has 1 fully saturated rings. The van der Waals surface area contributed by atoms with Gasteiger partial charge in [0.15, 0.2) is 0 Å². The molecule has 1 heterocycles. The van der Waals surface area contributed by atoms with Gasteiger partial charge in [-0.05, 0) is 37.5 Å². The number of aliphatic hydroxyl groups is 1. The Labute approximate surface area is 164 Å². The lowest BCUT2D eigenvalue weighted by Crippen LogP contribution is -2.40. The number of carbonyl (C=O) groups is 2. The van der Waals surface area contributed by atoms with E-state index in [-0.39, 0.29) is 30.5 Å². The van der Waals surface area contributed by atoms with E-state index in [4.69, 9.17) is 28.3 Å². The van der Waals surface area contributed by atoms with E-state index in [1.165, 1.54) is 17.0 Å². The summed E-state index contributed by atoms with van der Waals surface area (Å²) in [5.41, 5.74) is 0. The van der Waals surface area contributed by atoms with Crippen LogP contribution in [-0.4, -0.2) is 64.6 Å². The molecule has 0 aliphatic carbocycles. The molecule has 6 nitrogen and oxygen atoms in total. The van der Waals surface area contributed by atoms with Crippen LogP contribution in [0.2, 0.25) is 10.0 Å². The summed E-state index contributed by atoms with van der Waals surface area (Å²) in [6.07, 6.45) is 2.15. The number of aromatic hydroxyl groups is 1. The third-order valence-corrected chi connectivity index (χ3v) is 4.78. The van der Waals surface area contributed by atoms with E-state index in [0.717, 1.165) is 25.9 Å². The maximum Gasteiger partial charge on any atom is 0.242 e. The van der Waals surface area contributed by atoms with Gasteiger partial charge in [0.1, 0.15) is 5.75 Å². The number of halogens is 2. The summed E-state index contributed by atoms with van der Waals surface area (Å²) in [4.78, 5) is 26.6. The highest BCUT2D eigenvalue weighted by Gasteiger charge is 2.21. The molecule has 0 aromatic heterocycles. The first kappa shape index (κ1) is 22.5. The highest BCUT2D eigenvalue weighted by molar-refractivity contribution is 6.42. The van der Waals surface area contributed by atoms with E-state index in [0.29, 0.717) is 16.5 Å². The molecule has 0 saturated carbocycles. The fraction of sp³-hybridized carbons (Fsp3) is 0.556. The van der Waals surface area contributed by atoms with Crippen LogP contribution >= 0.6 is 23.2 Å². The molecule has 2 amide bonds. The highest BCUT2D eigenvalue weighted by Crippen LogP contribution is 2.25. The second kappa shape index (κ2) is 11.3. The number of phenols is 1. The molecule has 2 N–H and O–H groups in total. The molecule has 1 aromatic rings. The summed E-state index contributed by atoms with van der Waals surface area (Å²) in [7, 11) is 1.61. The van der Waals surface area contributed by atoms with E-state index in [9.17, 15) is 14.7 Å².